The highest BCUT2D eigenvalue weighted by molar-refractivity contribution is 7.14. The number of hydrogen-bond acceptors (Lipinski definition) is 4. The van der Waals surface area contributed by atoms with Gasteiger partial charge in [-0.25, -0.2) is 4.79 Å². The fourth-order valence-electron chi connectivity index (χ4n) is 1.80. The number of aromatic carboxylic acids is 1. The van der Waals surface area contributed by atoms with Gasteiger partial charge in [0.1, 0.15) is 4.88 Å². The lowest BCUT2D eigenvalue weighted by Gasteiger charge is -2.12. The lowest BCUT2D eigenvalue weighted by Crippen LogP contribution is -2.19. The van der Waals surface area contributed by atoms with Gasteiger partial charge in [0.25, 0.3) is 0 Å². The number of thiophene rings is 1. The molecular formula is C14H16N2O2S. The highest BCUT2D eigenvalue weighted by Crippen LogP contribution is 2.22. The number of carboxylic acid groups (broad SMARTS) is 1. The van der Waals surface area contributed by atoms with Crippen molar-refractivity contribution in [2.24, 2.45) is 0 Å². The summed E-state index contributed by atoms with van der Waals surface area (Å²) in [6.45, 7) is 4.63. The Hall–Kier alpha value is -1.72. The monoisotopic (exact) mass is 276 g/mol. The minimum Gasteiger partial charge on any atom is -0.477 e. The maximum Gasteiger partial charge on any atom is 0.345 e. The summed E-state index contributed by atoms with van der Waals surface area (Å²) in [6.07, 6.45) is 1.77. The van der Waals surface area contributed by atoms with E-state index >= 15 is 0 Å². The Morgan fingerprint density at radius 2 is 2.32 bits per heavy atom. The molecule has 0 amide bonds. The first-order valence-electron chi connectivity index (χ1n) is 6.05. The molecule has 2 aromatic rings. The highest BCUT2D eigenvalue weighted by atomic mass is 32.1. The van der Waals surface area contributed by atoms with Crippen LogP contribution in [0.5, 0.6) is 0 Å². The molecule has 2 N–H and O–H groups in total. The van der Waals surface area contributed by atoms with Gasteiger partial charge in [-0.3, -0.25) is 4.98 Å². The number of carboxylic acids is 1. The molecule has 0 saturated carbocycles. The average molecular weight is 276 g/mol. The predicted molar refractivity (Wildman–Crippen MR) is 75.5 cm³/mol. The lowest BCUT2D eigenvalue weighted by atomic mass is 10.2. The molecule has 0 saturated heterocycles. The number of nitrogens with zero attached hydrogens (tertiary/aromatic N) is 1. The third-order valence-corrected chi connectivity index (χ3v) is 4.04. The van der Waals surface area contributed by atoms with Crippen LogP contribution in [0.25, 0.3) is 0 Å². The average Bonchev–Trinajstić information content (AvgIpc) is 2.79. The van der Waals surface area contributed by atoms with Crippen molar-refractivity contribution in [3.05, 3.63) is 51.5 Å². The van der Waals surface area contributed by atoms with E-state index in [0.717, 1.165) is 16.1 Å². The van der Waals surface area contributed by atoms with Crippen LogP contribution >= 0.6 is 11.3 Å². The molecule has 0 radical (unpaired) electrons. The second kappa shape index (κ2) is 5.95. The maximum atomic E-state index is 10.9. The van der Waals surface area contributed by atoms with E-state index < -0.39 is 5.97 Å². The number of carbonyl (C=O) groups is 1. The summed E-state index contributed by atoms with van der Waals surface area (Å²) in [5, 5.41) is 12.3. The normalized spacial score (nSPS) is 12.3. The Morgan fingerprint density at radius 3 is 2.89 bits per heavy atom. The van der Waals surface area contributed by atoms with E-state index in [1.54, 1.807) is 12.3 Å². The second-order valence-corrected chi connectivity index (χ2v) is 5.61. The Morgan fingerprint density at radius 1 is 1.53 bits per heavy atom. The SMILES string of the molecule is Cc1sc(C(=O)O)cc1CN[C@H](C)c1ccccn1. The van der Waals surface area contributed by atoms with Gasteiger partial charge in [0.05, 0.1) is 5.69 Å². The molecule has 100 valence electrons. The van der Waals surface area contributed by atoms with Gasteiger partial charge in [-0.2, -0.15) is 0 Å². The second-order valence-electron chi connectivity index (χ2n) is 4.35. The summed E-state index contributed by atoms with van der Waals surface area (Å²) in [5.74, 6) is -0.864. The lowest BCUT2D eigenvalue weighted by molar-refractivity contribution is 0.0702. The van der Waals surface area contributed by atoms with Gasteiger partial charge in [0, 0.05) is 23.7 Å². The Labute approximate surface area is 116 Å². The fourth-order valence-corrected chi connectivity index (χ4v) is 2.68. The third-order valence-electron chi connectivity index (χ3n) is 2.96. The molecule has 0 aliphatic carbocycles. The number of pyridine rings is 1. The molecule has 4 nitrogen and oxygen atoms in total. The largest absolute Gasteiger partial charge is 0.477 e. The third kappa shape index (κ3) is 3.39. The van der Waals surface area contributed by atoms with Gasteiger partial charge in [-0.1, -0.05) is 6.07 Å². The summed E-state index contributed by atoms with van der Waals surface area (Å²) in [7, 11) is 0. The van der Waals surface area contributed by atoms with E-state index in [2.05, 4.69) is 10.3 Å². The summed E-state index contributed by atoms with van der Waals surface area (Å²) in [4.78, 5) is 16.6. The molecule has 0 aliphatic heterocycles. The van der Waals surface area contributed by atoms with Crippen molar-refractivity contribution in [3.8, 4) is 0 Å². The van der Waals surface area contributed by atoms with Gasteiger partial charge in [0.2, 0.25) is 0 Å². The minimum atomic E-state index is -0.864. The molecule has 0 aromatic carbocycles. The number of nitrogens with one attached hydrogen (secondary N) is 1. The smallest absolute Gasteiger partial charge is 0.345 e. The molecule has 19 heavy (non-hydrogen) atoms. The molecule has 0 bridgehead atoms. The fraction of sp³-hybridized carbons (Fsp3) is 0.286. The summed E-state index contributed by atoms with van der Waals surface area (Å²) in [5.41, 5.74) is 2.01. The van der Waals surface area contributed by atoms with Crippen LogP contribution in [0.3, 0.4) is 0 Å². The number of aryl methyl sites for hydroxylation is 1. The predicted octanol–water partition coefficient (Wildman–Crippen LogP) is 3.00. The molecule has 5 heteroatoms. The van der Waals surface area contributed by atoms with E-state index in [1.807, 2.05) is 32.0 Å². The molecule has 1 atom stereocenters. The van der Waals surface area contributed by atoms with Crippen molar-refractivity contribution in [2.75, 3.05) is 0 Å². The number of rotatable bonds is 5. The first-order chi connectivity index (χ1) is 9.08. The van der Waals surface area contributed by atoms with Gasteiger partial charge in [-0.05, 0) is 37.6 Å². The van der Waals surface area contributed by atoms with E-state index in [4.69, 9.17) is 5.11 Å². The molecule has 0 fully saturated rings. The zero-order valence-electron chi connectivity index (χ0n) is 10.9. The standard InChI is InChI=1S/C14H16N2O2S/c1-9(12-5-3-4-6-15-12)16-8-11-7-13(14(17)18)19-10(11)2/h3-7,9,16H,8H2,1-2H3,(H,17,18)/t9-/m1/s1. The quantitative estimate of drug-likeness (QED) is 0.881. The molecule has 0 unspecified atom stereocenters. The Kier molecular flexibility index (Phi) is 4.29. The minimum absolute atomic E-state index is 0.133. The van der Waals surface area contributed by atoms with Crippen molar-refractivity contribution in [2.45, 2.75) is 26.4 Å². The Balaban J connectivity index is 2.01. The van der Waals surface area contributed by atoms with Crippen molar-refractivity contribution >= 4 is 17.3 Å². The van der Waals surface area contributed by atoms with Gasteiger partial charge >= 0.3 is 5.97 Å². The first kappa shape index (κ1) is 13.7. The topological polar surface area (TPSA) is 62.2 Å². The van der Waals surface area contributed by atoms with Crippen LogP contribution < -0.4 is 5.32 Å². The number of aromatic nitrogens is 1. The molecule has 2 rings (SSSR count). The van der Waals surface area contributed by atoms with E-state index in [1.165, 1.54) is 11.3 Å². The zero-order valence-corrected chi connectivity index (χ0v) is 11.7. The molecule has 0 spiro atoms. The van der Waals surface area contributed by atoms with Crippen LogP contribution in [0, 0.1) is 6.92 Å². The van der Waals surface area contributed by atoms with Gasteiger partial charge < -0.3 is 10.4 Å². The van der Waals surface area contributed by atoms with E-state index in [9.17, 15) is 4.79 Å². The summed E-state index contributed by atoms with van der Waals surface area (Å²) < 4.78 is 0. The van der Waals surface area contributed by atoms with Gasteiger partial charge in [-0.15, -0.1) is 11.3 Å². The molecular weight excluding hydrogens is 260 g/mol. The molecule has 2 aromatic heterocycles. The van der Waals surface area contributed by atoms with Crippen molar-refractivity contribution in [1.29, 1.82) is 0 Å². The zero-order chi connectivity index (χ0) is 13.8. The molecule has 0 aliphatic rings. The van der Waals surface area contributed by atoms with Crippen molar-refractivity contribution in [3.63, 3.8) is 0 Å². The van der Waals surface area contributed by atoms with E-state index in [-0.39, 0.29) is 6.04 Å². The molecule has 2 heterocycles. The Bertz CT molecular complexity index is 566. The summed E-state index contributed by atoms with van der Waals surface area (Å²) in [6, 6.07) is 7.69. The number of hydrogen-bond donors (Lipinski definition) is 2. The first-order valence-corrected chi connectivity index (χ1v) is 6.86. The summed E-state index contributed by atoms with van der Waals surface area (Å²) >= 11 is 1.31. The van der Waals surface area contributed by atoms with Crippen molar-refractivity contribution < 1.29 is 9.90 Å². The highest BCUT2D eigenvalue weighted by Gasteiger charge is 2.12. The van der Waals surface area contributed by atoms with Crippen molar-refractivity contribution in [1.82, 2.24) is 10.3 Å². The van der Waals surface area contributed by atoms with E-state index in [0.29, 0.717) is 11.4 Å². The van der Waals surface area contributed by atoms with Crippen LogP contribution in [-0.2, 0) is 6.54 Å². The van der Waals surface area contributed by atoms with Crippen LogP contribution in [0.4, 0.5) is 0 Å². The van der Waals surface area contributed by atoms with Crippen LogP contribution in [0.15, 0.2) is 30.5 Å². The maximum absolute atomic E-state index is 10.9. The van der Waals surface area contributed by atoms with Crippen LogP contribution in [0.1, 0.15) is 38.8 Å². The van der Waals surface area contributed by atoms with Crippen LogP contribution in [0.2, 0.25) is 0 Å². The van der Waals surface area contributed by atoms with Crippen LogP contribution in [-0.4, -0.2) is 16.1 Å². The van der Waals surface area contributed by atoms with Gasteiger partial charge in [0.15, 0.2) is 0 Å².